The molecule has 0 amide bonds. The van der Waals surface area contributed by atoms with E-state index >= 15 is 0 Å². The summed E-state index contributed by atoms with van der Waals surface area (Å²) in [5.74, 6) is -0.112. The number of rotatable bonds is 7. The van der Waals surface area contributed by atoms with Crippen molar-refractivity contribution in [2.24, 2.45) is 0 Å². The molecule has 5 nitrogen and oxygen atoms in total. The van der Waals surface area contributed by atoms with E-state index in [1.54, 1.807) is 48.5 Å². The van der Waals surface area contributed by atoms with Gasteiger partial charge in [-0.2, -0.15) is 0 Å². The number of benzene rings is 3. The molecule has 3 aromatic carbocycles. The maximum Gasteiger partial charge on any atom is 0.343 e. The number of ketones is 1. The van der Waals surface area contributed by atoms with Crippen LogP contribution in [-0.4, -0.2) is 26.0 Å². The normalized spacial score (nSPS) is 10.6. The Kier molecular flexibility index (Phi) is 6.60. The molecule has 0 aliphatic heterocycles. The number of carbonyl (C=O) groups is 2. The van der Waals surface area contributed by atoms with Crippen LogP contribution in [0.4, 0.5) is 4.39 Å². The van der Waals surface area contributed by atoms with Gasteiger partial charge in [0.2, 0.25) is 0 Å². The van der Waals surface area contributed by atoms with E-state index in [2.05, 4.69) is 0 Å². The third-order valence-corrected chi connectivity index (χ3v) is 4.29. The predicted molar refractivity (Wildman–Crippen MR) is 111 cm³/mol. The van der Waals surface area contributed by atoms with Crippen molar-refractivity contribution >= 4 is 17.8 Å². The summed E-state index contributed by atoms with van der Waals surface area (Å²) in [5.41, 5.74) is 1.12. The van der Waals surface area contributed by atoms with Crippen molar-refractivity contribution in [3.63, 3.8) is 0 Å². The number of halogens is 1. The van der Waals surface area contributed by atoms with Crippen LogP contribution in [0.15, 0.2) is 72.8 Å². The first-order chi connectivity index (χ1) is 14.5. The molecule has 3 aromatic rings. The molecule has 0 aliphatic carbocycles. The van der Waals surface area contributed by atoms with Crippen LogP contribution < -0.4 is 14.2 Å². The van der Waals surface area contributed by atoms with E-state index in [0.717, 1.165) is 0 Å². The first-order valence-electron chi connectivity index (χ1n) is 9.03. The van der Waals surface area contributed by atoms with E-state index < -0.39 is 11.8 Å². The van der Waals surface area contributed by atoms with Gasteiger partial charge in [-0.1, -0.05) is 18.2 Å². The highest BCUT2D eigenvalue weighted by molar-refractivity contribution is 6.09. The van der Waals surface area contributed by atoms with Gasteiger partial charge in [-0.05, 0) is 54.6 Å². The molecule has 0 aromatic heterocycles. The number of para-hydroxylation sites is 1. The molecule has 0 saturated heterocycles. The molecule has 0 radical (unpaired) electrons. The Labute approximate surface area is 173 Å². The maximum atomic E-state index is 13.0. The Morgan fingerprint density at radius 2 is 1.60 bits per heavy atom. The van der Waals surface area contributed by atoms with Crippen molar-refractivity contribution < 1.29 is 28.2 Å². The Hall–Kier alpha value is -3.93. The Morgan fingerprint density at radius 1 is 0.867 bits per heavy atom. The summed E-state index contributed by atoms with van der Waals surface area (Å²) in [5, 5.41) is 0. The van der Waals surface area contributed by atoms with Crippen LogP contribution in [0.1, 0.15) is 26.3 Å². The van der Waals surface area contributed by atoms with E-state index in [-0.39, 0.29) is 17.1 Å². The summed E-state index contributed by atoms with van der Waals surface area (Å²) in [7, 11) is 3.00. The summed E-state index contributed by atoms with van der Waals surface area (Å²) in [4.78, 5) is 25.0. The molecule has 0 aliphatic rings. The molecule has 152 valence electrons. The number of methoxy groups -OCH3 is 2. The quantitative estimate of drug-likeness (QED) is 0.240. The van der Waals surface area contributed by atoms with Gasteiger partial charge in [0.25, 0.3) is 0 Å². The van der Waals surface area contributed by atoms with Crippen molar-refractivity contribution in [1.82, 2.24) is 0 Å². The van der Waals surface area contributed by atoms with Crippen LogP contribution >= 0.6 is 0 Å². The lowest BCUT2D eigenvalue weighted by atomic mass is 10.1. The average Bonchev–Trinajstić information content (AvgIpc) is 2.78. The highest BCUT2D eigenvalue weighted by Crippen LogP contribution is 2.26. The maximum absolute atomic E-state index is 13.0. The molecular weight excluding hydrogens is 387 g/mol. The minimum atomic E-state index is -0.626. The Morgan fingerprint density at radius 3 is 2.30 bits per heavy atom. The topological polar surface area (TPSA) is 61.8 Å². The molecule has 6 heteroatoms. The molecule has 0 heterocycles. The van der Waals surface area contributed by atoms with Crippen LogP contribution in [0.25, 0.3) is 6.08 Å². The average molecular weight is 406 g/mol. The first kappa shape index (κ1) is 20.8. The van der Waals surface area contributed by atoms with E-state index in [1.165, 1.54) is 44.6 Å². The third kappa shape index (κ3) is 4.91. The minimum absolute atomic E-state index is 0.217. The Balaban J connectivity index is 1.80. The van der Waals surface area contributed by atoms with Crippen LogP contribution in [-0.2, 0) is 0 Å². The predicted octanol–water partition coefficient (Wildman–Crippen LogP) is 4.96. The van der Waals surface area contributed by atoms with E-state index in [1.807, 2.05) is 0 Å². The zero-order valence-corrected chi connectivity index (χ0v) is 16.4. The zero-order valence-electron chi connectivity index (χ0n) is 16.4. The van der Waals surface area contributed by atoms with Gasteiger partial charge in [-0.15, -0.1) is 0 Å². The molecule has 0 spiro atoms. The summed E-state index contributed by atoms with van der Waals surface area (Å²) in [6.45, 7) is 0. The number of allylic oxidation sites excluding steroid dienone is 1. The number of ether oxygens (including phenoxy) is 3. The largest absolute Gasteiger partial charge is 0.497 e. The summed E-state index contributed by atoms with van der Waals surface area (Å²) < 4.78 is 28.9. The van der Waals surface area contributed by atoms with E-state index in [0.29, 0.717) is 22.6 Å². The van der Waals surface area contributed by atoms with Gasteiger partial charge in [-0.3, -0.25) is 4.79 Å². The van der Waals surface area contributed by atoms with Gasteiger partial charge < -0.3 is 14.2 Å². The molecule has 0 bridgehead atoms. The number of hydrogen-bond acceptors (Lipinski definition) is 5. The first-order valence-corrected chi connectivity index (χ1v) is 9.03. The second-order valence-electron chi connectivity index (χ2n) is 6.20. The lowest BCUT2D eigenvalue weighted by Gasteiger charge is -2.09. The van der Waals surface area contributed by atoms with Crippen molar-refractivity contribution in [2.45, 2.75) is 0 Å². The van der Waals surface area contributed by atoms with Crippen LogP contribution in [0.2, 0.25) is 0 Å². The van der Waals surface area contributed by atoms with Gasteiger partial charge in [-0.25, -0.2) is 9.18 Å². The second kappa shape index (κ2) is 9.52. The molecule has 0 fully saturated rings. The smallest absolute Gasteiger partial charge is 0.343 e. The van der Waals surface area contributed by atoms with Crippen LogP contribution in [0.5, 0.6) is 17.2 Å². The van der Waals surface area contributed by atoms with Crippen LogP contribution in [0, 0.1) is 5.82 Å². The van der Waals surface area contributed by atoms with Gasteiger partial charge in [0, 0.05) is 11.6 Å². The van der Waals surface area contributed by atoms with Gasteiger partial charge in [0.15, 0.2) is 5.78 Å². The second-order valence-corrected chi connectivity index (χ2v) is 6.20. The van der Waals surface area contributed by atoms with Crippen LogP contribution in [0.3, 0.4) is 0 Å². The number of carbonyl (C=O) groups excluding carboxylic acids is 2. The molecule has 3 rings (SSSR count). The van der Waals surface area contributed by atoms with Gasteiger partial charge in [0.1, 0.15) is 23.1 Å². The lowest BCUT2D eigenvalue weighted by molar-refractivity contribution is 0.0734. The fraction of sp³-hybridized carbons (Fsp3) is 0.0833. The molecule has 0 saturated carbocycles. The summed E-state index contributed by atoms with van der Waals surface area (Å²) in [6, 6.07) is 16.7. The standard InChI is InChI=1S/C24H19FO5/c1-28-19-12-13-20(23(15-19)29-2)21(26)14-9-16-5-3-4-6-22(16)30-24(27)17-7-10-18(25)11-8-17/h3-15H,1-2H3. The fourth-order valence-electron chi connectivity index (χ4n) is 2.71. The summed E-state index contributed by atoms with van der Waals surface area (Å²) >= 11 is 0. The minimum Gasteiger partial charge on any atom is -0.497 e. The highest BCUT2D eigenvalue weighted by atomic mass is 19.1. The van der Waals surface area contributed by atoms with Crippen molar-refractivity contribution in [2.75, 3.05) is 14.2 Å². The highest BCUT2D eigenvalue weighted by Gasteiger charge is 2.13. The summed E-state index contributed by atoms with van der Waals surface area (Å²) in [6.07, 6.45) is 2.92. The van der Waals surface area contributed by atoms with Gasteiger partial charge in [0.05, 0.1) is 25.3 Å². The van der Waals surface area contributed by atoms with Crippen molar-refractivity contribution in [1.29, 1.82) is 0 Å². The van der Waals surface area contributed by atoms with Crippen molar-refractivity contribution in [3.8, 4) is 17.2 Å². The fourth-order valence-corrected chi connectivity index (χ4v) is 2.71. The van der Waals surface area contributed by atoms with E-state index in [4.69, 9.17) is 14.2 Å². The lowest BCUT2D eigenvalue weighted by Crippen LogP contribution is -2.09. The number of hydrogen-bond donors (Lipinski definition) is 0. The SMILES string of the molecule is COc1ccc(C(=O)C=Cc2ccccc2OC(=O)c2ccc(F)cc2)c(OC)c1. The molecule has 0 atom stereocenters. The molecule has 30 heavy (non-hydrogen) atoms. The number of esters is 1. The zero-order chi connectivity index (χ0) is 21.5. The van der Waals surface area contributed by atoms with Crippen molar-refractivity contribution in [3.05, 3.63) is 95.3 Å². The third-order valence-electron chi connectivity index (χ3n) is 4.29. The molecular formula is C24H19FO5. The molecule has 0 unspecified atom stereocenters. The monoisotopic (exact) mass is 406 g/mol. The Bertz CT molecular complexity index is 1090. The van der Waals surface area contributed by atoms with E-state index in [9.17, 15) is 14.0 Å². The van der Waals surface area contributed by atoms with Gasteiger partial charge >= 0.3 is 5.97 Å². The molecule has 0 N–H and O–H groups in total.